The summed E-state index contributed by atoms with van der Waals surface area (Å²) in [5, 5.41) is 84.6. The van der Waals surface area contributed by atoms with Gasteiger partial charge < -0.3 is 40.9 Å². The Kier molecular flexibility index (Phi) is 5.72. The maximum absolute atomic E-state index is 12.9. The molecule has 0 bridgehead atoms. The summed E-state index contributed by atoms with van der Waals surface area (Å²) in [4.78, 5) is -0.732. The second-order valence-corrected chi connectivity index (χ2v) is 8.00. The van der Waals surface area contributed by atoms with E-state index in [-0.39, 0.29) is 10.8 Å². The van der Waals surface area contributed by atoms with Crippen molar-refractivity contribution in [1.82, 2.24) is 0 Å². The van der Waals surface area contributed by atoms with Gasteiger partial charge in [0.15, 0.2) is 0 Å². The predicted octanol–water partition coefficient (Wildman–Crippen LogP) is -0.291. The molecule has 0 saturated carbocycles. The summed E-state index contributed by atoms with van der Waals surface area (Å²) in [6.07, 6.45) is -4.79. The molecule has 182 valence electrons. The van der Waals surface area contributed by atoms with Crippen molar-refractivity contribution in [2.24, 2.45) is 0 Å². The van der Waals surface area contributed by atoms with E-state index in [1.807, 2.05) is 13.8 Å². The number of hydrogen-bond acceptors (Lipinski definition) is 10. The van der Waals surface area contributed by atoms with E-state index in [2.05, 4.69) is 0 Å². The van der Waals surface area contributed by atoms with E-state index in [0.717, 1.165) is 17.7 Å². The molecular weight excluding hydrogens is 453 g/mol. The van der Waals surface area contributed by atoms with Crippen LogP contribution >= 0.6 is 0 Å². The Morgan fingerprint density at radius 1 is 0.606 bits per heavy atom. The number of anilines is 2. The van der Waals surface area contributed by atoms with E-state index in [1.165, 1.54) is 12.1 Å². The van der Waals surface area contributed by atoms with Gasteiger partial charge in [-0.3, -0.25) is 9.80 Å². The second kappa shape index (κ2) is 7.51. The number of piperazine rings is 1. The lowest BCUT2D eigenvalue weighted by Crippen LogP contribution is -2.91. The summed E-state index contributed by atoms with van der Waals surface area (Å²) in [7, 11) is 0. The zero-order valence-corrected chi connectivity index (χ0v) is 17.3. The second-order valence-electron chi connectivity index (χ2n) is 8.00. The molecular formula is C20H23F3N2O8. The maximum atomic E-state index is 12.9. The Balaban J connectivity index is 2.16. The van der Waals surface area contributed by atoms with Crippen LogP contribution in [0.3, 0.4) is 0 Å². The van der Waals surface area contributed by atoms with Crippen LogP contribution in [0.25, 0.3) is 0 Å². The van der Waals surface area contributed by atoms with Gasteiger partial charge in [-0.25, -0.2) is 0 Å². The largest absolute Gasteiger partial charge is 0.416 e. The molecule has 0 aromatic heterocycles. The van der Waals surface area contributed by atoms with Gasteiger partial charge in [-0.2, -0.15) is 13.2 Å². The molecule has 10 nitrogen and oxygen atoms in total. The summed E-state index contributed by atoms with van der Waals surface area (Å²) >= 11 is 0. The minimum Gasteiger partial charge on any atom is -0.343 e. The molecule has 8 N–H and O–H groups in total. The molecule has 0 unspecified atom stereocenters. The predicted molar refractivity (Wildman–Crippen MR) is 106 cm³/mol. The SMILES string of the molecule is CC(C)c1ccc(N2C(O)(O)C(O)(O)N(c3ccc(C(F)(F)F)cc3)C(O)(O)C2(O)O)cc1. The number of alkyl halides is 3. The Bertz CT molecular complexity index is 977. The molecule has 0 amide bonds. The summed E-state index contributed by atoms with van der Waals surface area (Å²) in [6, 6.07) is 7.02. The first-order valence-corrected chi connectivity index (χ1v) is 9.53. The number of halogens is 3. The molecule has 13 heteroatoms. The van der Waals surface area contributed by atoms with Crippen molar-refractivity contribution in [2.45, 2.75) is 49.6 Å². The molecule has 1 aliphatic heterocycles. The number of nitrogens with zero attached hydrogens (tertiary/aromatic N) is 2. The van der Waals surface area contributed by atoms with Crippen LogP contribution in [-0.2, 0) is 6.18 Å². The fourth-order valence-electron chi connectivity index (χ4n) is 3.56. The molecule has 1 aliphatic rings. The van der Waals surface area contributed by atoms with Crippen LogP contribution in [-0.4, -0.2) is 64.5 Å². The average molecular weight is 476 g/mol. The average Bonchev–Trinajstić information content (AvgIpc) is 2.66. The van der Waals surface area contributed by atoms with Gasteiger partial charge in [-0.05, 0) is 47.9 Å². The molecule has 2 aromatic carbocycles. The summed E-state index contributed by atoms with van der Waals surface area (Å²) in [5.41, 5.74) is -1.80. The van der Waals surface area contributed by atoms with Gasteiger partial charge in [0.25, 0.3) is 0 Å². The zero-order valence-electron chi connectivity index (χ0n) is 17.3. The van der Waals surface area contributed by atoms with Crippen molar-refractivity contribution in [3.05, 3.63) is 59.7 Å². The van der Waals surface area contributed by atoms with Crippen LogP contribution in [0.15, 0.2) is 48.5 Å². The Hall–Kier alpha value is -2.49. The third-order valence-corrected chi connectivity index (χ3v) is 5.42. The van der Waals surface area contributed by atoms with E-state index < -0.39 is 51.7 Å². The Labute approximate surface area is 185 Å². The number of hydrogen-bond donors (Lipinski definition) is 8. The zero-order chi connectivity index (χ0) is 25.2. The summed E-state index contributed by atoms with van der Waals surface area (Å²) < 4.78 is 38.6. The van der Waals surface area contributed by atoms with Gasteiger partial charge in [0.1, 0.15) is 0 Å². The van der Waals surface area contributed by atoms with E-state index >= 15 is 0 Å². The molecule has 1 fully saturated rings. The van der Waals surface area contributed by atoms with Crippen molar-refractivity contribution >= 4 is 11.4 Å². The third-order valence-electron chi connectivity index (χ3n) is 5.42. The third kappa shape index (κ3) is 3.72. The molecule has 3 rings (SSSR count). The van der Waals surface area contributed by atoms with E-state index in [4.69, 9.17) is 0 Å². The van der Waals surface area contributed by atoms with Crippen LogP contribution < -0.4 is 9.80 Å². The highest BCUT2D eigenvalue weighted by molar-refractivity contribution is 5.59. The highest BCUT2D eigenvalue weighted by Gasteiger charge is 2.77. The molecule has 1 heterocycles. The van der Waals surface area contributed by atoms with Crippen molar-refractivity contribution in [3.8, 4) is 0 Å². The molecule has 0 atom stereocenters. The molecule has 0 aliphatic carbocycles. The molecule has 33 heavy (non-hydrogen) atoms. The Morgan fingerprint density at radius 2 is 0.909 bits per heavy atom. The van der Waals surface area contributed by atoms with Crippen LogP contribution in [0.2, 0.25) is 0 Å². The first-order chi connectivity index (χ1) is 14.9. The molecule has 2 aromatic rings. The fraction of sp³-hybridized carbons (Fsp3) is 0.400. The molecule has 0 spiro atoms. The minimum atomic E-state index is -4.79. The van der Waals surface area contributed by atoms with Gasteiger partial charge in [-0.1, -0.05) is 26.0 Å². The summed E-state index contributed by atoms with van der Waals surface area (Å²) in [6.45, 7) is 3.67. The van der Waals surface area contributed by atoms with Gasteiger partial charge >= 0.3 is 29.8 Å². The van der Waals surface area contributed by atoms with Crippen molar-refractivity contribution in [1.29, 1.82) is 0 Å². The van der Waals surface area contributed by atoms with Gasteiger partial charge in [0, 0.05) is 11.4 Å². The normalized spacial score (nSPS) is 21.4. The van der Waals surface area contributed by atoms with E-state index in [0.29, 0.717) is 24.3 Å². The van der Waals surface area contributed by atoms with E-state index in [1.54, 1.807) is 0 Å². The number of benzene rings is 2. The maximum Gasteiger partial charge on any atom is 0.416 e. The standard InChI is InChI=1S/C20H23F3N2O8/c1-11(2)12-3-7-14(8-4-12)24-17(26,27)19(30,31)25(20(32,33)18(24,28)29)15-9-5-13(6-10-15)16(21,22)23/h3-11,26-33H,1-2H3. The topological polar surface area (TPSA) is 168 Å². The van der Waals surface area contributed by atoms with Crippen molar-refractivity contribution in [2.75, 3.05) is 9.80 Å². The lowest BCUT2D eigenvalue weighted by atomic mass is 10.00. The fourth-order valence-corrected chi connectivity index (χ4v) is 3.56. The molecule has 0 radical (unpaired) electrons. The van der Waals surface area contributed by atoms with Crippen molar-refractivity contribution in [3.63, 3.8) is 0 Å². The van der Waals surface area contributed by atoms with Crippen molar-refractivity contribution < 1.29 is 54.0 Å². The van der Waals surface area contributed by atoms with Crippen LogP contribution in [0.4, 0.5) is 24.5 Å². The lowest BCUT2D eigenvalue weighted by molar-refractivity contribution is -0.469. The first kappa shape index (κ1) is 25.1. The monoisotopic (exact) mass is 476 g/mol. The number of rotatable bonds is 3. The minimum absolute atomic E-state index is 0.0149. The highest BCUT2D eigenvalue weighted by atomic mass is 19.4. The van der Waals surface area contributed by atoms with Gasteiger partial charge in [0.05, 0.1) is 5.56 Å². The quantitative estimate of drug-likeness (QED) is 0.276. The number of aliphatic hydroxyl groups is 8. The van der Waals surface area contributed by atoms with Crippen LogP contribution in [0, 0.1) is 0 Å². The van der Waals surface area contributed by atoms with Crippen LogP contribution in [0.1, 0.15) is 30.9 Å². The first-order valence-electron chi connectivity index (χ1n) is 9.53. The van der Waals surface area contributed by atoms with Gasteiger partial charge in [0.2, 0.25) is 0 Å². The van der Waals surface area contributed by atoms with E-state index in [9.17, 15) is 54.0 Å². The highest BCUT2D eigenvalue weighted by Crippen LogP contribution is 2.48. The Morgan fingerprint density at radius 3 is 1.18 bits per heavy atom. The smallest absolute Gasteiger partial charge is 0.343 e. The summed E-state index contributed by atoms with van der Waals surface area (Å²) in [5.74, 6) is -16.3. The molecule has 1 saturated heterocycles. The van der Waals surface area contributed by atoms with Gasteiger partial charge in [-0.15, -0.1) is 0 Å². The lowest BCUT2D eigenvalue weighted by Gasteiger charge is -2.61. The van der Waals surface area contributed by atoms with Crippen LogP contribution in [0.5, 0.6) is 0 Å².